The van der Waals surface area contributed by atoms with Gasteiger partial charge in [0.25, 0.3) is 0 Å². The number of hydrogen-bond donors (Lipinski definition) is 1. The van der Waals surface area contributed by atoms with Crippen molar-refractivity contribution in [2.45, 2.75) is 0 Å². The molecule has 6 heteroatoms. The van der Waals surface area contributed by atoms with Crippen LogP contribution in [0.15, 0.2) is 18.2 Å². The Hall–Kier alpha value is -1.59. The number of benzene rings is 1. The van der Waals surface area contributed by atoms with Gasteiger partial charge >= 0.3 is 5.97 Å². The van der Waals surface area contributed by atoms with Crippen LogP contribution in [-0.4, -0.2) is 37.2 Å². The Labute approximate surface area is 103 Å². The highest BCUT2D eigenvalue weighted by atomic mass is 35.5. The molecule has 0 spiro atoms. The third-order valence-corrected chi connectivity index (χ3v) is 2.16. The van der Waals surface area contributed by atoms with Gasteiger partial charge in [-0.1, -0.05) is 11.6 Å². The maximum Gasteiger partial charge on any atom is 0.329 e. The lowest BCUT2D eigenvalue weighted by Crippen LogP contribution is -2.15. The Morgan fingerprint density at radius 2 is 2.06 bits per heavy atom. The van der Waals surface area contributed by atoms with Crippen molar-refractivity contribution in [2.75, 3.05) is 20.3 Å². The molecule has 92 valence electrons. The molecular weight excluding hydrogens is 248 g/mol. The van der Waals surface area contributed by atoms with Crippen LogP contribution < -0.4 is 4.74 Å². The van der Waals surface area contributed by atoms with Crippen molar-refractivity contribution in [1.29, 1.82) is 0 Å². The van der Waals surface area contributed by atoms with Crippen LogP contribution in [0.4, 0.5) is 0 Å². The van der Waals surface area contributed by atoms with Gasteiger partial charge in [0.05, 0.1) is 12.7 Å². The average molecular weight is 259 g/mol. The first-order chi connectivity index (χ1) is 8.04. The molecule has 1 aromatic rings. The fraction of sp³-hybridized carbons (Fsp3) is 0.273. The lowest BCUT2D eigenvalue weighted by Gasteiger charge is -2.07. The second-order valence-electron chi connectivity index (χ2n) is 3.15. The SMILES string of the molecule is COc1ccc(Cl)cc1C(=O)COCC(=O)O. The highest BCUT2D eigenvalue weighted by Crippen LogP contribution is 2.23. The van der Waals surface area contributed by atoms with E-state index in [0.29, 0.717) is 10.8 Å². The van der Waals surface area contributed by atoms with Crippen LogP contribution in [0.1, 0.15) is 10.4 Å². The molecule has 0 unspecified atom stereocenters. The molecule has 0 bridgehead atoms. The average Bonchev–Trinajstić information content (AvgIpc) is 2.28. The zero-order valence-electron chi connectivity index (χ0n) is 9.10. The minimum absolute atomic E-state index is 0.269. The van der Waals surface area contributed by atoms with Crippen molar-refractivity contribution in [3.63, 3.8) is 0 Å². The number of Topliss-reactive ketones (excluding diaryl/α,β-unsaturated/α-hetero) is 1. The highest BCUT2D eigenvalue weighted by Gasteiger charge is 2.13. The normalized spacial score (nSPS) is 10.0. The molecule has 5 nitrogen and oxygen atoms in total. The molecule has 0 amide bonds. The Balaban J connectivity index is 2.73. The molecule has 1 aromatic carbocycles. The second-order valence-corrected chi connectivity index (χ2v) is 3.59. The van der Waals surface area contributed by atoms with Crippen molar-refractivity contribution in [1.82, 2.24) is 0 Å². The van der Waals surface area contributed by atoms with Gasteiger partial charge in [0.1, 0.15) is 19.0 Å². The number of hydrogen-bond acceptors (Lipinski definition) is 4. The number of carbonyl (C=O) groups is 2. The summed E-state index contributed by atoms with van der Waals surface area (Å²) in [7, 11) is 1.43. The number of rotatable bonds is 6. The minimum atomic E-state index is -1.13. The first-order valence-electron chi connectivity index (χ1n) is 4.71. The second kappa shape index (κ2) is 6.22. The standard InChI is InChI=1S/C11H11ClO5/c1-16-10-3-2-7(12)4-8(10)9(13)5-17-6-11(14)15/h2-4H,5-6H2,1H3,(H,14,15). The van der Waals surface area contributed by atoms with Gasteiger partial charge in [-0.05, 0) is 18.2 Å². The number of ether oxygens (including phenoxy) is 2. The van der Waals surface area contributed by atoms with Crippen LogP contribution in [0.2, 0.25) is 5.02 Å². The van der Waals surface area contributed by atoms with Crippen LogP contribution in [0, 0.1) is 0 Å². The molecule has 1 N–H and O–H groups in total. The predicted octanol–water partition coefficient (Wildman–Crippen LogP) is 1.63. The summed E-state index contributed by atoms with van der Waals surface area (Å²) < 4.78 is 9.70. The topological polar surface area (TPSA) is 72.8 Å². The molecular formula is C11H11ClO5. The summed E-state index contributed by atoms with van der Waals surface area (Å²) in [6.07, 6.45) is 0. The number of carboxylic acids is 1. The van der Waals surface area contributed by atoms with Crippen LogP contribution in [0.25, 0.3) is 0 Å². The largest absolute Gasteiger partial charge is 0.496 e. The van der Waals surface area contributed by atoms with Crippen LogP contribution >= 0.6 is 11.6 Å². The van der Waals surface area contributed by atoms with Crippen LogP contribution in [0.3, 0.4) is 0 Å². The van der Waals surface area contributed by atoms with Gasteiger partial charge in [0.2, 0.25) is 0 Å². The van der Waals surface area contributed by atoms with E-state index in [0.717, 1.165) is 0 Å². The van der Waals surface area contributed by atoms with Gasteiger partial charge in [0.15, 0.2) is 5.78 Å². The highest BCUT2D eigenvalue weighted by molar-refractivity contribution is 6.31. The van der Waals surface area contributed by atoms with Crippen molar-refractivity contribution in [2.24, 2.45) is 0 Å². The summed E-state index contributed by atoms with van der Waals surface area (Å²) in [5.74, 6) is -1.14. The van der Waals surface area contributed by atoms with Crippen molar-refractivity contribution < 1.29 is 24.2 Å². The summed E-state index contributed by atoms with van der Waals surface area (Å²) in [5.41, 5.74) is 0.269. The molecule has 17 heavy (non-hydrogen) atoms. The minimum Gasteiger partial charge on any atom is -0.496 e. The molecule has 1 rings (SSSR count). The van der Waals surface area contributed by atoms with Gasteiger partial charge in [-0.25, -0.2) is 4.79 Å². The van der Waals surface area contributed by atoms with E-state index in [2.05, 4.69) is 0 Å². The zero-order chi connectivity index (χ0) is 12.8. The van der Waals surface area contributed by atoms with E-state index in [1.165, 1.54) is 13.2 Å². The zero-order valence-corrected chi connectivity index (χ0v) is 9.86. The van der Waals surface area contributed by atoms with E-state index in [-0.39, 0.29) is 18.0 Å². The molecule has 0 aliphatic heterocycles. The molecule has 0 atom stereocenters. The fourth-order valence-corrected chi connectivity index (χ4v) is 1.38. The summed E-state index contributed by atoms with van der Waals surface area (Å²) in [6.45, 7) is -0.850. The number of carbonyl (C=O) groups excluding carboxylic acids is 1. The van der Waals surface area contributed by atoms with Gasteiger partial charge in [0, 0.05) is 5.02 Å². The van der Waals surface area contributed by atoms with Gasteiger partial charge in [-0.2, -0.15) is 0 Å². The van der Waals surface area contributed by atoms with Crippen molar-refractivity contribution >= 4 is 23.4 Å². The lowest BCUT2D eigenvalue weighted by molar-refractivity contribution is -0.141. The van der Waals surface area contributed by atoms with Crippen LogP contribution in [-0.2, 0) is 9.53 Å². The van der Waals surface area contributed by atoms with Crippen LogP contribution in [0.5, 0.6) is 5.75 Å². The first kappa shape index (κ1) is 13.5. The van der Waals surface area contributed by atoms with Gasteiger partial charge in [-0.15, -0.1) is 0 Å². The van der Waals surface area contributed by atoms with Crippen molar-refractivity contribution in [3.8, 4) is 5.75 Å². The molecule has 0 fully saturated rings. The molecule has 0 aromatic heterocycles. The number of ketones is 1. The van der Waals surface area contributed by atoms with E-state index in [1.54, 1.807) is 12.1 Å². The predicted molar refractivity (Wildman–Crippen MR) is 60.8 cm³/mol. The van der Waals surface area contributed by atoms with E-state index >= 15 is 0 Å². The molecule has 0 heterocycles. The Morgan fingerprint density at radius 1 is 1.35 bits per heavy atom. The number of methoxy groups -OCH3 is 1. The monoisotopic (exact) mass is 258 g/mol. The lowest BCUT2D eigenvalue weighted by atomic mass is 10.1. The first-order valence-corrected chi connectivity index (χ1v) is 5.08. The summed E-state index contributed by atoms with van der Waals surface area (Å²) in [5, 5.41) is 8.76. The van der Waals surface area contributed by atoms with E-state index in [1.807, 2.05) is 0 Å². The summed E-state index contributed by atoms with van der Waals surface area (Å²) in [4.78, 5) is 21.9. The maximum absolute atomic E-state index is 11.7. The molecule has 0 aliphatic carbocycles. The number of aliphatic carboxylic acids is 1. The molecule has 0 saturated carbocycles. The fourth-order valence-electron chi connectivity index (χ4n) is 1.21. The summed E-state index contributed by atoms with van der Waals surface area (Å²) >= 11 is 5.76. The number of halogens is 1. The van der Waals surface area contributed by atoms with Crippen molar-refractivity contribution in [3.05, 3.63) is 28.8 Å². The Kier molecular flexibility index (Phi) is 4.93. The Morgan fingerprint density at radius 3 is 2.65 bits per heavy atom. The maximum atomic E-state index is 11.7. The molecule has 0 saturated heterocycles. The van der Waals surface area contributed by atoms with E-state index < -0.39 is 12.6 Å². The van der Waals surface area contributed by atoms with E-state index in [4.69, 9.17) is 26.2 Å². The smallest absolute Gasteiger partial charge is 0.329 e. The van der Waals surface area contributed by atoms with Gasteiger partial charge in [-0.3, -0.25) is 4.79 Å². The number of carboxylic acid groups (broad SMARTS) is 1. The molecule has 0 aliphatic rings. The Bertz CT molecular complexity index is 430. The van der Waals surface area contributed by atoms with E-state index in [9.17, 15) is 9.59 Å². The third-order valence-electron chi connectivity index (χ3n) is 1.92. The molecule has 0 radical (unpaired) electrons. The van der Waals surface area contributed by atoms with Gasteiger partial charge < -0.3 is 14.6 Å². The summed E-state index contributed by atoms with van der Waals surface area (Å²) in [6, 6.07) is 4.61. The third kappa shape index (κ3) is 4.05. The quantitative estimate of drug-likeness (QED) is 0.785.